The van der Waals surface area contributed by atoms with Crippen molar-refractivity contribution in [1.29, 1.82) is 0 Å². The van der Waals surface area contributed by atoms with Crippen LogP contribution in [0.2, 0.25) is 5.02 Å². The summed E-state index contributed by atoms with van der Waals surface area (Å²) in [5.41, 5.74) is 2.74. The molecule has 0 aromatic heterocycles. The summed E-state index contributed by atoms with van der Waals surface area (Å²) in [7, 11) is -8.46. The summed E-state index contributed by atoms with van der Waals surface area (Å²) in [6, 6.07) is 18.9. The zero-order valence-electron chi connectivity index (χ0n) is 34.4. The standard InChI is InChI=1S/C40H48ClN3O10S2.Na.H/c1-8-39(4,5)27-11-20-34(32(23-27)40(6,7)9-2)53-25-36(45)42-33-24-35(26(3)37(41)38(33)46)54-55(47,48)22-10-21-52-30-16-12-28(13-17-30)43-44-29-14-18-31(19-15-29)56(49,50)51;;/h11-20,23-24,46H,8-10,21-22,25H2,1-7H3,(H,42,45)(H,49,50,51);;/q;+1;-1. The molecule has 1 amide bonds. The van der Waals surface area contributed by atoms with Gasteiger partial charge in [-0.1, -0.05) is 65.3 Å². The molecule has 0 saturated heterocycles. The van der Waals surface area contributed by atoms with Gasteiger partial charge < -0.3 is 25.5 Å². The van der Waals surface area contributed by atoms with E-state index in [9.17, 15) is 26.7 Å². The van der Waals surface area contributed by atoms with E-state index >= 15 is 0 Å². The summed E-state index contributed by atoms with van der Waals surface area (Å²) in [6.45, 7) is 14.0. The molecule has 4 aromatic rings. The monoisotopic (exact) mass is 853 g/mol. The Morgan fingerprint density at radius 3 is 1.98 bits per heavy atom. The summed E-state index contributed by atoms with van der Waals surface area (Å²) in [5.74, 6) is -0.602. The number of phenolic OH excluding ortho intramolecular Hbond substituents is 1. The number of benzene rings is 4. The molecule has 57 heavy (non-hydrogen) atoms. The van der Waals surface area contributed by atoms with Crippen molar-refractivity contribution in [3.05, 3.63) is 94.5 Å². The topological polar surface area (TPSA) is 190 Å². The quantitative estimate of drug-likeness (QED) is 0.0243. The summed E-state index contributed by atoms with van der Waals surface area (Å²) < 4.78 is 74.4. The van der Waals surface area contributed by atoms with Crippen molar-refractivity contribution in [2.45, 2.75) is 83.5 Å². The number of azo groups is 1. The Balaban J connectivity index is 0.00000580. The van der Waals surface area contributed by atoms with Gasteiger partial charge in [0.2, 0.25) is 0 Å². The number of anilines is 1. The molecule has 0 spiro atoms. The van der Waals surface area contributed by atoms with Crippen LogP contribution in [0.1, 0.15) is 78.9 Å². The zero-order valence-corrected chi connectivity index (χ0v) is 37.8. The largest absolute Gasteiger partial charge is 1.00 e. The van der Waals surface area contributed by atoms with E-state index in [1.54, 1.807) is 24.3 Å². The Labute approximate surface area is 363 Å². The summed E-state index contributed by atoms with van der Waals surface area (Å²) in [6.07, 6.45) is 1.86. The number of carbonyl (C=O) groups is 1. The summed E-state index contributed by atoms with van der Waals surface area (Å²) in [4.78, 5) is 12.8. The van der Waals surface area contributed by atoms with Crippen molar-refractivity contribution in [2.24, 2.45) is 10.2 Å². The third-order valence-corrected chi connectivity index (χ3v) is 12.2. The first-order valence-corrected chi connectivity index (χ1v) is 21.3. The Kier molecular flexibility index (Phi) is 16.6. The van der Waals surface area contributed by atoms with E-state index in [0.29, 0.717) is 22.9 Å². The van der Waals surface area contributed by atoms with Crippen LogP contribution in [0.3, 0.4) is 0 Å². The van der Waals surface area contributed by atoms with Gasteiger partial charge in [0.25, 0.3) is 16.0 Å². The van der Waals surface area contributed by atoms with E-state index in [1.807, 2.05) is 12.1 Å². The Bertz CT molecular complexity index is 2290. The van der Waals surface area contributed by atoms with Gasteiger partial charge in [0.1, 0.15) is 17.2 Å². The average Bonchev–Trinajstić information content (AvgIpc) is 3.16. The maximum absolute atomic E-state index is 13.1. The number of phenols is 1. The number of aromatic hydroxyl groups is 1. The molecule has 4 rings (SSSR count). The molecule has 304 valence electrons. The minimum absolute atomic E-state index is 0. The van der Waals surface area contributed by atoms with Crippen molar-refractivity contribution in [3.63, 3.8) is 0 Å². The van der Waals surface area contributed by atoms with E-state index in [4.69, 9.17) is 29.8 Å². The molecule has 3 N–H and O–H groups in total. The van der Waals surface area contributed by atoms with Crippen LogP contribution in [0.25, 0.3) is 0 Å². The number of carbonyl (C=O) groups excluding carboxylic acids is 1. The number of rotatable bonds is 18. The SMILES string of the molecule is CCC(C)(C)c1ccc(OCC(=O)Nc2cc(OS(=O)(=O)CCCOc3ccc(N=Nc4ccc(S(=O)(=O)O)cc4)cc3)c(C)c(Cl)c2O)c(C(C)(C)CC)c1.[H-].[Na+]. The Morgan fingerprint density at radius 1 is 0.842 bits per heavy atom. The van der Waals surface area contributed by atoms with Crippen LogP contribution in [0, 0.1) is 6.92 Å². The molecule has 0 aliphatic rings. The van der Waals surface area contributed by atoms with Gasteiger partial charge in [-0.2, -0.15) is 27.1 Å². The van der Waals surface area contributed by atoms with Crippen molar-refractivity contribution in [1.82, 2.24) is 0 Å². The molecule has 0 aliphatic heterocycles. The molecule has 0 heterocycles. The van der Waals surface area contributed by atoms with Crippen molar-refractivity contribution >= 4 is 54.8 Å². The second-order valence-corrected chi connectivity index (χ2v) is 17.9. The second-order valence-electron chi connectivity index (χ2n) is 14.4. The second kappa shape index (κ2) is 19.8. The van der Waals surface area contributed by atoms with Crippen LogP contribution in [0.5, 0.6) is 23.0 Å². The number of nitrogens with one attached hydrogen (secondary N) is 1. The molecule has 0 radical (unpaired) electrons. The predicted octanol–water partition coefficient (Wildman–Crippen LogP) is 6.70. The van der Waals surface area contributed by atoms with Crippen molar-refractivity contribution < 1.29 is 75.9 Å². The van der Waals surface area contributed by atoms with Gasteiger partial charge in [-0.25, -0.2) is 0 Å². The summed E-state index contributed by atoms with van der Waals surface area (Å²) in [5, 5.41) is 21.2. The van der Waals surface area contributed by atoms with Crippen LogP contribution in [0.15, 0.2) is 87.9 Å². The van der Waals surface area contributed by atoms with Gasteiger partial charge in [0.15, 0.2) is 12.4 Å². The fourth-order valence-electron chi connectivity index (χ4n) is 5.24. The van der Waals surface area contributed by atoms with Gasteiger partial charge in [0.05, 0.1) is 39.3 Å². The Morgan fingerprint density at radius 2 is 1.42 bits per heavy atom. The molecule has 0 saturated carbocycles. The first kappa shape index (κ1) is 47.7. The normalized spacial score (nSPS) is 12.2. The fourth-order valence-corrected chi connectivity index (χ4v) is 6.91. The van der Waals surface area contributed by atoms with Gasteiger partial charge in [0, 0.05) is 17.2 Å². The number of hydrogen-bond acceptors (Lipinski definition) is 11. The van der Waals surface area contributed by atoms with Crippen molar-refractivity contribution in [2.75, 3.05) is 24.3 Å². The van der Waals surface area contributed by atoms with E-state index in [0.717, 1.165) is 18.4 Å². The van der Waals surface area contributed by atoms with Gasteiger partial charge in [-0.05, 0) is 97.2 Å². The molecule has 0 unspecified atom stereocenters. The number of ether oxygens (including phenoxy) is 2. The van der Waals surface area contributed by atoms with E-state index in [2.05, 4.69) is 63.2 Å². The fraction of sp³-hybridized carbons (Fsp3) is 0.375. The molecule has 0 fully saturated rings. The maximum Gasteiger partial charge on any atom is 1.00 e. The van der Waals surface area contributed by atoms with Gasteiger partial charge in [-0.3, -0.25) is 9.35 Å². The van der Waals surface area contributed by atoms with Crippen LogP contribution in [0.4, 0.5) is 17.1 Å². The number of halogens is 1. The third kappa shape index (κ3) is 13.2. The van der Waals surface area contributed by atoms with Crippen LogP contribution < -0.4 is 48.5 Å². The summed E-state index contributed by atoms with van der Waals surface area (Å²) >= 11 is 6.33. The van der Waals surface area contributed by atoms with E-state index in [-0.39, 0.29) is 88.4 Å². The number of hydrogen-bond donors (Lipinski definition) is 3. The van der Waals surface area contributed by atoms with Crippen molar-refractivity contribution in [3.8, 4) is 23.0 Å². The molecule has 4 aromatic carbocycles. The van der Waals surface area contributed by atoms with Gasteiger partial charge >= 0.3 is 39.7 Å². The molecular formula is C40H49ClN3NaO10S2. The van der Waals surface area contributed by atoms with Gasteiger partial charge in [-0.15, -0.1) is 0 Å². The minimum Gasteiger partial charge on any atom is -1.00 e. The molecule has 0 atom stereocenters. The smallest absolute Gasteiger partial charge is 1.00 e. The first-order chi connectivity index (χ1) is 26.2. The molecular weight excluding hydrogens is 805 g/mol. The number of nitrogens with zero attached hydrogens (tertiary/aromatic N) is 2. The first-order valence-electron chi connectivity index (χ1n) is 17.9. The average molecular weight is 854 g/mol. The van der Waals surface area contributed by atoms with E-state index in [1.165, 1.54) is 42.8 Å². The number of amides is 1. The van der Waals surface area contributed by atoms with Crippen LogP contribution >= 0.6 is 11.6 Å². The van der Waals surface area contributed by atoms with E-state index < -0.39 is 37.6 Å². The molecule has 0 bridgehead atoms. The third-order valence-electron chi connectivity index (χ3n) is 9.60. The predicted molar refractivity (Wildman–Crippen MR) is 218 cm³/mol. The zero-order chi connectivity index (χ0) is 41.5. The minimum atomic E-state index is -4.31. The molecule has 17 heteroatoms. The van der Waals surface area contributed by atoms with Crippen LogP contribution in [-0.2, 0) is 35.9 Å². The Hall–Kier alpha value is -3.70. The molecule has 0 aliphatic carbocycles. The van der Waals surface area contributed by atoms with Crippen LogP contribution in [-0.4, -0.2) is 51.4 Å². The molecule has 13 nitrogen and oxygen atoms in total. The maximum atomic E-state index is 13.1.